The number of halogens is 3. The van der Waals surface area contributed by atoms with Crippen molar-refractivity contribution < 1.29 is 19.3 Å². The van der Waals surface area contributed by atoms with Crippen LogP contribution in [0, 0.1) is 5.82 Å². The van der Waals surface area contributed by atoms with Crippen LogP contribution in [0.15, 0.2) is 24.4 Å². The fraction of sp³-hybridized carbons (Fsp3) is 0.267. The summed E-state index contributed by atoms with van der Waals surface area (Å²) < 4.78 is 19.3. The second kappa shape index (κ2) is 7.31. The third-order valence-corrected chi connectivity index (χ3v) is 3.96. The van der Waals surface area contributed by atoms with Crippen molar-refractivity contribution in [2.24, 2.45) is 0 Å². The minimum Gasteiger partial charge on any atom is -0.482 e. The summed E-state index contributed by atoms with van der Waals surface area (Å²) in [4.78, 5) is 3.90. The molecule has 0 aliphatic heterocycles. The summed E-state index contributed by atoms with van der Waals surface area (Å²) in [6, 6.07) is 3.99. The highest BCUT2D eigenvalue weighted by molar-refractivity contribution is 6.36. The van der Waals surface area contributed by atoms with Gasteiger partial charge in [0.25, 0.3) is 0 Å². The molecule has 0 spiro atoms. The topological polar surface area (TPSA) is 88.6 Å². The molecule has 124 valence electrons. The average Bonchev–Trinajstić information content (AvgIpc) is 2.52. The van der Waals surface area contributed by atoms with Crippen molar-refractivity contribution in [2.75, 3.05) is 12.3 Å². The molecule has 0 bridgehead atoms. The zero-order chi connectivity index (χ0) is 17.1. The zero-order valence-corrected chi connectivity index (χ0v) is 13.6. The molecule has 0 amide bonds. The maximum absolute atomic E-state index is 13.6. The van der Waals surface area contributed by atoms with E-state index in [2.05, 4.69) is 4.98 Å². The van der Waals surface area contributed by atoms with Crippen LogP contribution in [0.5, 0.6) is 5.75 Å². The fourth-order valence-electron chi connectivity index (χ4n) is 2.02. The number of benzene rings is 1. The first-order chi connectivity index (χ1) is 10.8. The number of ether oxygens (including phenoxy) is 1. The highest BCUT2D eigenvalue weighted by Gasteiger charge is 2.20. The Morgan fingerprint density at radius 2 is 2.09 bits per heavy atom. The maximum atomic E-state index is 13.6. The van der Waals surface area contributed by atoms with E-state index in [9.17, 15) is 9.50 Å². The van der Waals surface area contributed by atoms with Gasteiger partial charge in [0.05, 0.1) is 11.6 Å². The number of nitrogen functional groups attached to an aromatic ring is 1. The molecule has 0 fully saturated rings. The summed E-state index contributed by atoms with van der Waals surface area (Å²) in [6.45, 7) is 1.16. The molecule has 1 unspecified atom stereocenters. The van der Waals surface area contributed by atoms with Crippen molar-refractivity contribution in [3.63, 3.8) is 0 Å². The summed E-state index contributed by atoms with van der Waals surface area (Å²) in [5.74, 6) is -0.370. The summed E-state index contributed by atoms with van der Waals surface area (Å²) in [5.41, 5.74) is 6.36. The standard InChI is InChI=1S/C15H15Cl2FN2O3/c1-7(13-9(16)2-3-10(18)14(13)17)23-12-4-8(11(22)6-21)5-20-15(12)19/h2-5,7,11,21-22H,6H2,1H3,(H2,19,20)/t7-,11?/m0/s1. The van der Waals surface area contributed by atoms with Crippen molar-refractivity contribution in [3.05, 3.63) is 51.4 Å². The third kappa shape index (κ3) is 3.84. The molecule has 2 rings (SSSR count). The predicted octanol–water partition coefficient (Wildman–Crippen LogP) is 3.28. The van der Waals surface area contributed by atoms with E-state index in [0.29, 0.717) is 5.56 Å². The molecule has 2 aromatic rings. The Labute approximate surface area is 142 Å². The second-order valence-electron chi connectivity index (χ2n) is 4.87. The highest BCUT2D eigenvalue weighted by Crippen LogP contribution is 2.36. The Kier molecular flexibility index (Phi) is 5.64. The van der Waals surface area contributed by atoms with Gasteiger partial charge in [-0.1, -0.05) is 23.2 Å². The van der Waals surface area contributed by atoms with Gasteiger partial charge in [-0.15, -0.1) is 0 Å². The minimum absolute atomic E-state index is 0.0781. The number of nitrogens with two attached hydrogens (primary N) is 1. The Morgan fingerprint density at radius 1 is 1.39 bits per heavy atom. The SMILES string of the molecule is C[C@H](Oc1cc(C(O)CO)cnc1N)c1c(Cl)ccc(F)c1Cl. The molecule has 1 aromatic heterocycles. The monoisotopic (exact) mass is 360 g/mol. The number of aliphatic hydroxyl groups is 2. The summed E-state index contributed by atoms with van der Waals surface area (Å²) in [6.07, 6.45) is -0.492. The van der Waals surface area contributed by atoms with Crippen LogP contribution >= 0.6 is 23.2 Å². The minimum atomic E-state index is -1.11. The number of aromatic nitrogens is 1. The summed E-state index contributed by atoms with van der Waals surface area (Å²) in [7, 11) is 0. The van der Waals surface area contributed by atoms with Gasteiger partial charge in [-0.25, -0.2) is 9.37 Å². The van der Waals surface area contributed by atoms with Gasteiger partial charge in [0.2, 0.25) is 0 Å². The zero-order valence-electron chi connectivity index (χ0n) is 12.1. The predicted molar refractivity (Wildman–Crippen MR) is 86.2 cm³/mol. The van der Waals surface area contributed by atoms with Crippen LogP contribution in [0.4, 0.5) is 10.2 Å². The number of hydrogen-bond donors (Lipinski definition) is 3. The van der Waals surface area contributed by atoms with Crippen LogP contribution in [0.3, 0.4) is 0 Å². The van der Waals surface area contributed by atoms with Gasteiger partial charge in [-0.2, -0.15) is 0 Å². The second-order valence-corrected chi connectivity index (χ2v) is 5.65. The molecule has 5 nitrogen and oxygen atoms in total. The van der Waals surface area contributed by atoms with Crippen molar-refractivity contribution >= 4 is 29.0 Å². The quantitative estimate of drug-likeness (QED) is 0.712. The average molecular weight is 361 g/mol. The van der Waals surface area contributed by atoms with E-state index in [1.807, 2.05) is 0 Å². The number of nitrogens with zero attached hydrogens (tertiary/aromatic N) is 1. The highest BCUT2D eigenvalue weighted by atomic mass is 35.5. The van der Waals surface area contributed by atoms with Crippen molar-refractivity contribution in [2.45, 2.75) is 19.1 Å². The Morgan fingerprint density at radius 3 is 2.74 bits per heavy atom. The van der Waals surface area contributed by atoms with E-state index in [1.54, 1.807) is 6.92 Å². The fourth-order valence-corrected chi connectivity index (χ4v) is 2.70. The number of pyridine rings is 1. The molecular weight excluding hydrogens is 346 g/mol. The largest absolute Gasteiger partial charge is 0.482 e. The number of rotatable bonds is 5. The molecule has 2 atom stereocenters. The first kappa shape index (κ1) is 17.7. The molecule has 0 saturated carbocycles. The van der Waals surface area contributed by atoms with Crippen LogP contribution < -0.4 is 10.5 Å². The molecule has 0 aliphatic rings. The molecule has 1 aromatic carbocycles. The third-order valence-electron chi connectivity index (χ3n) is 3.25. The first-order valence-electron chi connectivity index (χ1n) is 6.69. The molecule has 0 radical (unpaired) electrons. The maximum Gasteiger partial charge on any atom is 0.166 e. The first-order valence-corrected chi connectivity index (χ1v) is 7.45. The van der Waals surface area contributed by atoms with E-state index in [-0.39, 0.29) is 27.2 Å². The molecule has 0 aliphatic carbocycles. The lowest BCUT2D eigenvalue weighted by Gasteiger charge is -2.19. The molecule has 8 heteroatoms. The van der Waals surface area contributed by atoms with Crippen LogP contribution in [0.1, 0.15) is 30.3 Å². The van der Waals surface area contributed by atoms with Gasteiger partial charge >= 0.3 is 0 Å². The lowest BCUT2D eigenvalue weighted by molar-refractivity contribution is 0.0949. The van der Waals surface area contributed by atoms with E-state index >= 15 is 0 Å². The Balaban J connectivity index is 2.34. The molecule has 0 saturated heterocycles. The normalized spacial score (nSPS) is 13.7. The van der Waals surface area contributed by atoms with E-state index in [1.165, 1.54) is 18.3 Å². The molecular formula is C15H15Cl2FN2O3. The number of aliphatic hydroxyl groups excluding tert-OH is 2. The van der Waals surface area contributed by atoms with Gasteiger partial charge in [0, 0.05) is 22.3 Å². The van der Waals surface area contributed by atoms with Crippen LogP contribution in [-0.2, 0) is 0 Å². The van der Waals surface area contributed by atoms with Crippen molar-refractivity contribution in [1.29, 1.82) is 0 Å². The lowest BCUT2D eigenvalue weighted by Crippen LogP contribution is -2.10. The number of anilines is 1. The molecule has 1 heterocycles. The molecule has 4 N–H and O–H groups in total. The molecule has 23 heavy (non-hydrogen) atoms. The van der Waals surface area contributed by atoms with Gasteiger partial charge < -0.3 is 20.7 Å². The smallest absolute Gasteiger partial charge is 0.166 e. The Hall–Kier alpha value is -1.60. The van der Waals surface area contributed by atoms with Crippen molar-refractivity contribution in [1.82, 2.24) is 4.98 Å². The van der Waals surface area contributed by atoms with E-state index < -0.39 is 24.6 Å². The van der Waals surface area contributed by atoms with Gasteiger partial charge in [0.1, 0.15) is 18.0 Å². The van der Waals surface area contributed by atoms with Crippen LogP contribution in [0.25, 0.3) is 0 Å². The lowest BCUT2D eigenvalue weighted by atomic mass is 10.1. The number of hydrogen-bond acceptors (Lipinski definition) is 5. The van der Waals surface area contributed by atoms with E-state index in [4.69, 9.17) is 38.8 Å². The summed E-state index contributed by atoms with van der Waals surface area (Å²) in [5, 5.41) is 18.7. The van der Waals surface area contributed by atoms with Gasteiger partial charge in [-0.3, -0.25) is 0 Å². The van der Waals surface area contributed by atoms with Crippen LogP contribution in [0.2, 0.25) is 10.0 Å². The Bertz CT molecular complexity index is 715. The van der Waals surface area contributed by atoms with Gasteiger partial charge in [0.15, 0.2) is 11.6 Å². The summed E-state index contributed by atoms with van der Waals surface area (Å²) >= 11 is 12.0. The van der Waals surface area contributed by atoms with Crippen LogP contribution in [-0.4, -0.2) is 21.8 Å². The van der Waals surface area contributed by atoms with E-state index in [0.717, 1.165) is 6.07 Å². The van der Waals surface area contributed by atoms with Gasteiger partial charge in [-0.05, 0) is 25.1 Å². The van der Waals surface area contributed by atoms with Crippen molar-refractivity contribution in [3.8, 4) is 5.75 Å².